The maximum Gasteiger partial charge on any atom is 0.414 e. The number of nitrogen functional groups attached to an aromatic ring is 1. The van der Waals surface area contributed by atoms with E-state index < -0.39 is 11.9 Å². The van der Waals surface area contributed by atoms with E-state index in [4.69, 9.17) is 10.5 Å². The normalized spacial score (nSPS) is 20.0. The average molecular weight is 289 g/mol. The smallest absolute Gasteiger partial charge is 0.414 e. The Balaban J connectivity index is 2.24. The highest BCUT2D eigenvalue weighted by molar-refractivity contribution is 9.09. The van der Waals surface area contributed by atoms with Crippen molar-refractivity contribution < 1.29 is 13.9 Å². The molecule has 16 heavy (non-hydrogen) atoms. The summed E-state index contributed by atoms with van der Waals surface area (Å²) in [6.07, 6.45) is -0.616. The molecule has 1 unspecified atom stereocenters. The monoisotopic (exact) mass is 288 g/mol. The Labute approximate surface area is 100 Å². The molecule has 1 atom stereocenters. The zero-order valence-corrected chi connectivity index (χ0v) is 9.91. The summed E-state index contributed by atoms with van der Waals surface area (Å²) in [4.78, 5) is 12.9. The minimum Gasteiger partial charge on any atom is -0.443 e. The van der Waals surface area contributed by atoms with Crippen molar-refractivity contribution in [2.45, 2.75) is 6.10 Å². The molecule has 0 radical (unpaired) electrons. The van der Waals surface area contributed by atoms with Gasteiger partial charge in [-0.05, 0) is 18.2 Å². The summed E-state index contributed by atoms with van der Waals surface area (Å²) in [6.45, 7) is 0.440. The van der Waals surface area contributed by atoms with Crippen molar-refractivity contribution in [2.75, 3.05) is 22.5 Å². The van der Waals surface area contributed by atoms with E-state index in [1.165, 1.54) is 23.1 Å². The Kier molecular flexibility index (Phi) is 3.00. The Bertz CT molecular complexity index is 427. The Morgan fingerprint density at radius 1 is 1.62 bits per heavy atom. The van der Waals surface area contributed by atoms with Gasteiger partial charge in [-0.2, -0.15) is 0 Å². The quantitative estimate of drug-likeness (QED) is 0.670. The van der Waals surface area contributed by atoms with Gasteiger partial charge in [-0.1, -0.05) is 15.9 Å². The summed E-state index contributed by atoms with van der Waals surface area (Å²) < 4.78 is 18.0. The van der Waals surface area contributed by atoms with E-state index >= 15 is 0 Å². The van der Waals surface area contributed by atoms with Gasteiger partial charge in [-0.15, -0.1) is 0 Å². The summed E-state index contributed by atoms with van der Waals surface area (Å²) in [5, 5.41) is 0.575. The zero-order chi connectivity index (χ0) is 11.7. The van der Waals surface area contributed by atoms with Crippen molar-refractivity contribution in [1.29, 1.82) is 0 Å². The number of nitrogens with zero attached hydrogens (tertiary/aromatic N) is 1. The predicted molar refractivity (Wildman–Crippen MR) is 62.2 cm³/mol. The molecule has 0 spiro atoms. The van der Waals surface area contributed by atoms with E-state index in [1.54, 1.807) is 0 Å². The van der Waals surface area contributed by atoms with E-state index in [1.807, 2.05) is 0 Å². The van der Waals surface area contributed by atoms with Gasteiger partial charge in [0.15, 0.2) is 0 Å². The lowest BCUT2D eigenvalue weighted by Gasteiger charge is -2.13. The first-order valence-electron chi connectivity index (χ1n) is 4.71. The van der Waals surface area contributed by atoms with E-state index in [2.05, 4.69) is 15.9 Å². The number of carbonyl (C=O) groups is 1. The van der Waals surface area contributed by atoms with Crippen LogP contribution >= 0.6 is 15.9 Å². The molecule has 1 saturated heterocycles. The molecule has 2 N–H and O–H groups in total. The van der Waals surface area contributed by atoms with Gasteiger partial charge in [0, 0.05) is 11.0 Å². The van der Waals surface area contributed by atoms with E-state index in [-0.39, 0.29) is 11.8 Å². The third kappa shape index (κ3) is 1.97. The van der Waals surface area contributed by atoms with Crippen LogP contribution in [0.25, 0.3) is 0 Å². The highest BCUT2D eigenvalue weighted by Gasteiger charge is 2.31. The average Bonchev–Trinajstić information content (AvgIpc) is 2.64. The molecule has 0 aliphatic carbocycles. The van der Waals surface area contributed by atoms with Crippen LogP contribution in [0.4, 0.5) is 20.6 Å². The summed E-state index contributed by atoms with van der Waals surface area (Å²) in [6, 6.07) is 4.16. The summed E-state index contributed by atoms with van der Waals surface area (Å²) in [7, 11) is 0. The molecule has 6 heteroatoms. The van der Waals surface area contributed by atoms with E-state index in [0.29, 0.717) is 17.6 Å². The number of cyclic esters (lactones) is 1. The molecule has 1 fully saturated rings. The van der Waals surface area contributed by atoms with Crippen LogP contribution in [0.15, 0.2) is 18.2 Å². The van der Waals surface area contributed by atoms with Gasteiger partial charge in [0.1, 0.15) is 11.9 Å². The third-order valence-electron chi connectivity index (χ3n) is 2.34. The topological polar surface area (TPSA) is 55.6 Å². The zero-order valence-electron chi connectivity index (χ0n) is 8.32. The molecular formula is C10H10BrFN2O2. The van der Waals surface area contributed by atoms with E-state index in [9.17, 15) is 9.18 Å². The van der Waals surface area contributed by atoms with Crippen LogP contribution in [0.1, 0.15) is 0 Å². The first-order valence-corrected chi connectivity index (χ1v) is 5.83. The largest absolute Gasteiger partial charge is 0.443 e. The number of halogens is 2. The second kappa shape index (κ2) is 4.29. The van der Waals surface area contributed by atoms with Gasteiger partial charge in [0.2, 0.25) is 0 Å². The molecule has 2 rings (SSSR count). The van der Waals surface area contributed by atoms with Crippen LogP contribution in [0.5, 0.6) is 0 Å². The Morgan fingerprint density at radius 3 is 2.94 bits per heavy atom. The number of hydrogen-bond acceptors (Lipinski definition) is 3. The van der Waals surface area contributed by atoms with Crippen molar-refractivity contribution in [3.05, 3.63) is 24.0 Å². The van der Waals surface area contributed by atoms with Crippen LogP contribution < -0.4 is 10.6 Å². The standard InChI is InChI=1S/C10H10BrFN2O2/c11-4-7-5-14(10(15)16-7)6-1-2-8(12)9(13)3-6/h1-3,7H,4-5,13H2. The molecule has 86 valence electrons. The number of anilines is 2. The van der Waals surface area contributed by atoms with Crippen molar-refractivity contribution in [2.24, 2.45) is 0 Å². The fourth-order valence-electron chi connectivity index (χ4n) is 1.51. The molecule has 0 bridgehead atoms. The number of amides is 1. The SMILES string of the molecule is Nc1cc(N2CC(CBr)OC2=O)ccc1F. The second-order valence-corrected chi connectivity index (χ2v) is 4.12. The van der Waals surface area contributed by atoms with Crippen molar-refractivity contribution >= 4 is 33.4 Å². The summed E-state index contributed by atoms with van der Waals surface area (Å²) in [5.74, 6) is -0.492. The van der Waals surface area contributed by atoms with Crippen LogP contribution in [-0.4, -0.2) is 24.1 Å². The minimum absolute atomic E-state index is 0.0209. The fraction of sp³-hybridized carbons (Fsp3) is 0.300. The van der Waals surface area contributed by atoms with Gasteiger partial charge < -0.3 is 10.5 Å². The molecule has 1 aromatic carbocycles. The molecule has 1 amide bonds. The van der Waals surface area contributed by atoms with Crippen LogP contribution in [-0.2, 0) is 4.74 Å². The molecule has 0 aromatic heterocycles. The number of hydrogen-bond donors (Lipinski definition) is 1. The Hall–Kier alpha value is -1.30. The minimum atomic E-state index is -0.492. The number of nitrogens with two attached hydrogens (primary N) is 1. The summed E-state index contributed by atoms with van der Waals surface area (Å²) in [5.41, 5.74) is 6.01. The maximum atomic E-state index is 13.0. The van der Waals surface area contributed by atoms with Gasteiger partial charge >= 0.3 is 6.09 Å². The number of benzene rings is 1. The van der Waals surface area contributed by atoms with Crippen LogP contribution in [0, 0.1) is 5.82 Å². The lowest BCUT2D eigenvalue weighted by atomic mass is 10.2. The number of ether oxygens (including phenoxy) is 1. The maximum absolute atomic E-state index is 13.0. The first-order chi connectivity index (χ1) is 7.61. The lowest BCUT2D eigenvalue weighted by molar-refractivity contribution is 0.152. The molecule has 1 aromatic rings. The van der Waals surface area contributed by atoms with Gasteiger partial charge in [-0.3, -0.25) is 4.90 Å². The molecule has 1 aliphatic rings. The van der Waals surface area contributed by atoms with Gasteiger partial charge in [-0.25, -0.2) is 9.18 Å². The van der Waals surface area contributed by atoms with Crippen molar-refractivity contribution in [3.8, 4) is 0 Å². The van der Waals surface area contributed by atoms with E-state index in [0.717, 1.165) is 0 Å². The third-order valence-corrected chi connectivity index (χ3v) is 3.06. The summed E-state index contributed by atoms with van der Waals surface area (Å²) >= 11 is 3.24. The fourth-order valence-corrected chi connectivity index (χ4v) is 1.85. The highest BCUT2D eigenvalue weighted by Crippen LogP contribution is 2.25. The highest BCUT2D eigenvalue weighted by atomic mass is 79.9. The predicted octanol–water partition coefficient (Wildman–Crippen LogP) is 2.13. The van der Waals surface area contributed by atoms with Crippen LogP contribution in [0.2, 0.25) is 0 Å². The van der Waals surface area contributed by atoms with Gasteiger partial charge in [0.05, 0.1) is 12.2 Å². The molecule has 1 aliphatic heterocycles. The Morgan fingerprint density at radius 2 is 2.38 bits per heavy atom. The van der Waals surface area contributed by atoms with Gasteiger partial charge in [0.25, 0.3) is 0 Å². The number of rotatable bonds is 2. The lowest BCUT2D eigenvalue weighted by Crippen LogP contribution is -2.24. The first kappa shape index (κ1) is 11.2. The molecular weight excluding hydrogens is 279 g/mol. The van der Waals surface area contributed by atoms with Crippen molar-refractivity contribution in [3.63, 3.8) is 0 Å². The molecule has 4 nitrogen and oxygen atoms in total. The van der Waals surface area contributed by atoms with Crippen LogP contribution in [0.3, 0.4) is 0 Å². The number of alkyl halides is 1. The van der Waals surface area contributed by atoms with Crippen molar-refractivity contribution in [1.82, 2.24) is 0 Å². The molecule has 1 heterocycles. The molecule has 0 saturated carbocycles. The second-order valence-electron chi connectivity index (χ2n) is 3.48. The number of carbonyl (C=O) groups excluding carboxylic acids is 1.